The fourth-order valence-corrected chi connectivity index (χ4v) is 1.91. The largest absolute Gasteiger partial charge is 0.366 e. The third kappa shape index (κ3) is 1.94. The molecule has 0 aliphatic carbocycles. The van der Waals surface area contributed by atoms with Gasteiger partial charge in [-0.15, -0.1) is 0 Å². The first-order chi connectivity index (χ1) is 7.72. The summed E-state index contributed by atoms with van der Waals surface area (Å²) in [6.45, 7) is 2.17. The fraction of sp³-hybridized carbons (Fsp3) is 0.308. The number of nitrogens with two attached hydrogens (primary N) is 1. The molecule has 2 rings (SSSR count). The molecule has 1 aromatic carbocycles. The Morgan fingerprint density at radius 2 is 2.25 bits per heavy atom. The lowest BCUT2D eigenvalue weighted by atomic mass is 10.1. The molecule has 0 aliphatic heterocycles. The van der Waals surface area contributed by atoms with Crippen LogP contribution in [0.3, 0.4) is 0 Å². The Kier molecular flexibility index (Phi) is 2.95. The second-order valence-corrected chi connectivity index (χ2v) is 4.04. The predicted molar refractivity (Wildman–Crippen MR) is 65.4 cm³/mol. The molecule has 0 saturated heterocycles. The van der Waals surface area contributed by atoms with Crippen molar-refractivity contribution in [2.45, 2.75) is 26.2 Å². The third-order valence-corrected chi connectivity index (χ3v) is 2.85. The summed E-state index contributed by atoms with van der Waals surface area (Å²) in [6.07, 6.45) is 5.39. The molecule has 3 nitrogen and oxygen atoms in total. The molecule has 0 saturated carbocycles. The molecule has 3 N–H and O–H groups in total. The van der Waals surface area contributed by atoms with Gasteiger partial charge in [0.05, 0.1) is 0 Å². The first kappa shape index (κ1) is 10.7. The average Bonchev–Trinajstić information content (AvgIpc) is 2.68. The molecule has 2 aromatic rings. The topological polar surface area (TPSA) is 58.9 Å². The minimum Gasteiger partial charge on any atom is -0.366 e. The number of nitrogens with one attached hydrogen (secondary N) is 1. The molecule has 0 spiro atoms. The summed E-state index contributed by atoms with van der Waals surface area (Å²) in [5, 5.41) is 1.12. The van der Waals surface area contributed by atoms with E-state index in [0.29, 0.717) is 5.56 Å². The Morgan fingerprint density at radius 1 is 1.44 bits per heavy atom. The van der Waals surface area contributed by atoms with E-state index in [1.807, 2.05) is 18.3 Å². The Balaban J connectivity index is 2.43. The Hall–Kier alpha value is -1.77. The van der Waals surface area contributed by atoms with Crippen LogP contribution in [0.25, 0.3) is 10.9 Å². The Bertz CT molecular complexity index is 514. The molecule has 1 amide bonds. The lowest BCUT2D eigenvalue weighted by molar-refractivity contribution is 0.100. The third-order valence-electron chi connectivity index (χ3n) is 2.85. The van der Waals surface area contributed by atoms with Gasteiger partial charge in [-0.3, -0.25) is 4.79 Å². The minimum atomic E-state index is -0.371. The molecule has 0 aliphatic rings. The number of aromatic nitrogens is 1. The highest BCUT2D eigenvalue weighted by atomic mass is 16.1. The maximum absolute atomic E-state index is 11.1. The van der Waals surface area contributed by atoms with Gasteiger partial charge in [-0.1, -0.05) is 13.3 Å². The number of hydrogen-bond acceptors (Lipinski definition) is 1. The van der Waals surface area contributed by atoms with Gasteiger partial charge >= 0.3 is 0 Å². The summed E-state index contributed by atoms with van der Waals surface area (Å²) in [6, 6.07) is 5.54. The lowest BCUT2D eigenvalue weighted by Gasteiger charge is -1.99. The van der Waals surface area contributed by atoms with Crippen molar-refractivity contribution in [3.05, 3.63) is 35.5 Å². The van der Waals surface area contributed by atoms with Crippen LogP contribution >= 0.6 is 0 Å². The number of rotatable bonds is 4. The van der Waals surface area contributed by atoms with Crippen molar-refractivity contribution in [2.75, 3.05) is 0 Å². The number of H-pyrrole nitrogens is 1. The molecule has 3 heteroatoms. The molecule has 84 valence electrons. The van der Waals surface area contributed by atoms with Crippen LogP contribution in [0.2, 0.25) is 0 Å². The van der Waals surface area contributed by atoms with Gasteiger partial charge in [0.25, 0.3) is 0 Å². The van der Waals surface area contributed by atoms with Crippen molar-refractivity contribution in [3.63, 3.8) is 0 Å². The van der Waals surface area contributed by atoms with Crippen molar-refractivity contribution < 1.29 is 4.79 Å². The summed E-state index contributed by atoms with van der Waals surface area (Å²) in [5.74, 6) is -0.371. The minimum absolute atomic E-state index is 0.371. The molecule has 0 fully saturated rings. The molecule has 0 atom stereocenters. The highest BCUT2D eigenvalue weighted by Crippen LogP contribution is 2.21. The van der Waals surface area contributed by atoms with E-state index in [-0.39, 0.29) is 5.91 Å². The molecule has 16 heavy (non-hydrogen) atoms. The second-order valence-electron chi connectivity index (χ2n) is 4.04. The molecule has 0 radical (unpaired) electrons. The number of unbranched alkanes of at least 4 members (excludes halogenated alkanes) is 1. The lowest BCUT2D eigenvalue weighted by Crippen LogP contribution is -2.10. The first-order valence-corrected chi connectivity index (χ1v) is 5.62. The van der Waals surface area contributed by atoms with Crippen molar-refractivity contribution in [2.24, 2.45) is 5.73 Å². The number of aromatic amines is 1. The van der Waals surface area contributed by atoms with Crippen LogP contribution < -0.4 is 5.73 Å². The normalized spacial score (nSPS) is 10.8. The summed E-state index contributed by atoms with van der Waals surface area (Å²) in [4.78, 5) is 14.3. The number of carbonyl (C=O) groups is 1. The number of hydrogen-bond donors (Lipinski definition) is 2. The van der Waals surface area contributed by atoms with Crippen LogP contribution in [0, 0.1) is 0 Å². The summed E-state index contributed by atoms with van der Waals surface area (Å²) >= 11 is 0. The van der Waals surface area contributed by atoms with Gasteiger partial charge in [-0.25, -0.2) is 0 Å². The van der Waals surface area contributed by atoms with E-state index in [1.165, 1.54) is 12.0 Å². The highest BCUT2D eigenvalue weighted by molar-refractivity contribution is 5.97. The smallest absolute Gasteiger partial charge is 0.248 e. The van der Waals surface area contributed by atoms with Crippen molar-refractivity contribution in [3.8, 4) is 0 Å². The maximum Gasteiger partial charge on any atom is 0.248 e. The number of fused-ring (bicyclic) bond motifs is 1. The molecule has 0 bridgehead atoms. The van der Waals surface area contributed by atoms with Crippen molar-refractivity contribution in [1.29, 1.82) is 0 Å². The van der Waals surface area contributed by atoms with Crippen LogP contribution in [0.5, 0.6) is 0 Å². The fourth-order valence-electron chi connectivity index (χ4n) is 1.91. The van der Waals surface area contributed by atoms with E-state index in [9.17, 15) is 4.79 Å². The van der Waals surface area contributed by atoms with E-state index < -0.39 is 0 Å². The van der Waals surface area contributed by atoms with Gasteiger partial charge in [0, 0.05) is 22.7 Å². The number of benzene rings is 1. The Morgan fingerprint density at radius 3 is 2.94 bits per heavy atom. The quantitative estimate of drug-likeness (QED) is 0.810. The van der Waals surface area contributed by atoms with Crippen LogP contribution in [0.15, 0.2) is 24.4 Å². The number of carbonyl (C=O) groups excluding carboxylic acids is 1. The van der Waals surface area contributed by atoms with Crippen LogP contribution in [-0.4, -0.2) is 10.9 Å². The zero-order chi connectivity index (χ0) is 11.5. The van der Waals surface area contributed by atoms with Crippen molar-refractivity contribution in [1.82, 2.24) is 4.98 Å². The van der Waals surface area contributed by atoms with E-state index in [4.69, 9.17) is 5.73 Å². The van der Waals surface area contributed by atoms with E-state index in [0.717, 1.165) is 23.7 Å². The van der Waals surface area contributed by atoms with Crippen molar-refractivity contribution >= 4 is 16.8 Å². The first-order valence-electron chi connectivity index (χ1n) is 5.62. The van der Waals surface area contributed by atoms with Crippen LogP contribution in [-0.2, 0) is 6.42 Å². The predicted octanol–water partition coefficient (Wildman–Crippen LogP) is 2.61. The Labute approximate surface area is 94.6 Å². The zero-order valence-corrected chi connectivity index (χ0v) is 9.42. The summed E-state index contributed by atoms with van der Waals surface area (Å²) in [5.41, 5.74) is 8.18. The second kappa shape index (κ2) is 4.39. The zero-order valence-electron chi connectivity index (χ0n) is 9.42. The van der Waals surface area contributed by atoms with Gasteiger partial charge < -0.3 is 10.7 Å². The van der Waals surface area contributed by atoms with Gasteiger partial charge in [-0.05, 0) is 36.6 Å². The standard InChI is InChI=1S/C13H16N2O/c1-2-3-4-10-8-15-12-6-5-9(13(14)16)7-11(10)12/h5-8,15H,2-4H2,1H3,(H2,14,16). The number of amides is 1. The molecule has 1 heterocycles. The number of aryl methyl sites for hydroxylation is 1. The maximum atomic E-state index is 11.1. The SMILES string of the molecule is CCCCc1c[nH]c2ccc(C(N)=O)cc12. The highest BCUT2D eigenvalue weighted by Gasteiger charge is 2.06. The van der Waals surface area contributed by atoms with Gasteiger partial charge in [0.15, 0.2) is 0 Å². The van der Waals surface area contributed by atoms with Crippen LogP contribution in [0.1, 0.15) is 35.7 Å². The molecule has 0 unspecified atom stereocenters. The average molecular weight is 216 g/mol. The monoisotopic (exact) mass is 216 g/mol. The van der Waals surface area contributed by atoms with E-state index in [2.05, 4.69) is 11.9 Å². The molecule has 1 aromatic heterocycles. The van der Waals surface area contributed by atoms with E-state index in [1.54, 1.807) is 6.07 Å². The number of primary amides is 1. The van der Waals surface area contributed by atoms with Crippen LogP contribution in [0.4, 0.5) is 0 Å². The molecular weight excluding hydrogens is 200 g/mol. The summed E-state index contributed by atoms with van der Waals surface area (Å²) in [7, 11) is 0. The summed E-state index contributed by atoms with van der Waals surface area (Å²) < 4.78 is 0. The van der Waals surface area contributed by atoms with Gasteiger partial charge in [0.2, 0.25) is 5.91 Å². The molecular formula is C13H16N2O. The van der Waals surface area contributed by atoms with Gasteiger partial charge in [0.1, 0.15) is 0 Å². The van der Waals surface area contributed by atoms with E-state index >= 15 is 0 Å². The van der Waals surface area contributed by atoms with Gasteiger partial charge in [-0.2, -0.15) is 0 Å².